The standard InChI is InChI=1S/C18H23N5O2/c1-12(21-22-17(25)18(2,3)4)13-7-6-8-14(11-13)20-16(24)15-9-10-19-23(15)5/h6-11H,1-5H3,(H,20,24)(H,22,25)/b21-12+. The van der Waals surface area contributed by atoms with Crippen LogP contribution in [0.4, 0.5) is 5.69 Å². The van der Waals surface area contributed by atoms with Crippen LogP contribution in [-0.2, 0) is 11.8 Å². The van der Waals surface area contributed by atoms with Crippen molar-refractivity contribution in [3.63, 3.8) is 0 Å². The van der Waals surface area contributed by atoms with Crippen LogP contribution in [0.2, 0.25) is 0 Å². The maximum atomic E-state index is 12.2. The minimum absolute atomic E-state index is 0.160. The van der Waals surface area contributed by atoms with Crippen molar-refractivity contribution in [1.29, 1.82) is 0 Å². The molecule has 0 saturated heterocycles. The Morgan fingerprint density at radius 1 is 1.20 bits per heavy atom. The quantitative estimate of drug-likeness (QED) is 0.662. The lowest BCUT2D eigenvalue weighted by Gasteiger charge is -2.15. The minimum atomic E-state index is -0.511. The van der Waals surface area contributed by atoms with Gasteiger partial charge in [0, 0.05) is 24.3 Å². The molecule has 1 aromatic heterocycles. The Balaban J connectivity index is 2.11. The molecular formula is C18H23N5O2. The van der Waals surface area contributed by atoms with Gasteiger partial charge in [0.05, 0.1) is 5.71 Å². The van der Waals surface area contributed by atoms with E-state index >= 15 is 0 Å². The average molecular weight is 341 g/mol. The van der Waals surface area contributed by atoms with Crippen LogP contribution in [0.25, 0.3) is 0 Å². The molecule has 0 fully saturated rings. The lowest BCUT2D eigenvalue weighted by Crippen LogP contribution is -2.32. The summed E-state index contributed by atoms with van der Waals surface area (Å²) in [5.74, 6) is -0.403. The van der Waals surface area contributed by atoms with E-state index in [2.05, 4.69) is 20.9 Å². The van der Waals surface area contributed by atoms with Crippen LogP contribution in [0.15, 0.2) is 41.6 Å². The number of aromatic nitrogens is 2. The zero-order valence-corrected chi connectivity index (χ0v) is 15.1. The Morgan fingerprint density at radius 2 is 1.92 bits per heavy atom. The van der Waals surface area contributed by atoms with E-state index in [1.807, 2.05) is 32.9 Å². The van der Waals surface area contributed by atoms with Crippen LogP contribution >= 0.6 is 0 Å². The molecule has 7 nitrogen and oxygen atoms in total. The van der Waals surface area contributed by atoms with E-state index in [1.54, 1.807) is 38.4 Å². The topological polar surface area (TPSA) is 88.4 Å². The Hall–Kier alpha value is -2.96. The molecule has 2 aromatic rings. The van der Waals surface area contributed by atoms with Crippen molar-refractivity contribution in [2.75, 3.05) is 5.32 Å². The van der Waals surface area contributed by atoms with Crippen LogP contribution in [-0.4, -0.2) is 27.3 Å². The molecule has 2 N–H and O–H groups in total. The van der Waals surface area contributed by atoms with E-state index in [1.165, 1.54) is 4.68 Å². The normalized spacial score (nSPS) is 12.0. The molecule has 0 atom stereocenters. The second-order valence-corrected chi connectivity index (χ2v) is 6.76. The van der Waals surface area contributed by atoms with Gasteiger partial charge in [0.1, 0.15) is 5.69 Å². The fourth-order valence-electron chi connectivity index (χ4n) is 1.98. The predicted molar refractivity (Wildman–Crippen MR) is 97.4 cm³/mol. The predicted octanol–water partition coefficient (Wildman–Crippen LogP) is 2.56. The van der Waals surface area contributed by atoms with Crippen molar-refractivity contribution in [2.24, 2.45) is 17.6 Å². The van der Waals surface area contributed by atoms with Gasteiger partial charge in [-0.25, -0.2) is 5.43 Å². The zero-order valence-electron chi connectivity index (χ0n) is 15.1. The van der Waals surface area contributed by atoms with Gasteiger partial charge in [-0.3, -0.25) is 14.3 Å². The molecule has 0 aliphatic heterocycles. The Kier molecular flexibility index (Phi) is 5.36. The van der Waals surface area contributed by atoms with E-state index in [9.17, 15) is 9.59 Å². The molecule has 132 valence electrons. The molecule has 1 aromatic carbocycles. The first-order valence-corrected chi connectivity index (χ1v) is 7.93. The van der Waals surface area contributed by atoms with E-state index in [4.69, 9.17) is 0 Å². The molecule has 0 spiro atoms. The highest BCUT2D eigenvalue weighted by Crippen LogP contribution is 2.14. The second kappa shape index (κ2) is 7.29. The third-order valence-electron chi connectivity index (χ3n) is 3.60. The summed E-state index contributed by atoms with van der Waals surface area (Å²) in [5, 5.41) is 10.9. The molecule has 1 heterocycles. The maximum absolute atomic E-state index is 12.2. The first-order chi connectivity index (χ1) is 11.7. The molecule has 0 unspecified atom stereocenters. The van der Waals surface area contributed by atoms with Crippen LogP contribution in [0.3, 0.4) is 0 Å². The summed E-state index contributed by atoms with van der Waals surface area (Å²) in [6, 6.07) is 8.92. The van der Waals surface area contributed by atoms with E-state index < -0.39 is 5.41 Å². The third kappa shape index (κ3) is 4.76. The number of anilines is 1. The molecule has 2 rings (SSSR count). The number of rotatable bonds is 4. The number of hydrazone groups is 1. The van der Waals surface area contributed by atoms with Crippen molar-refractivity contribution in [3.05, 3.63) is 47.8 Å². The second-order valence-electron chi connectivity index (χ2n) is 6.76. The van der Waals surface area contributed by atoms with Gasteiger partial charge in [0.2, 0.25) is 5.91 Å². The minimum Gasteiger partial charge on any atom is -0.321 e. The van der Waals surface area contributed by atoms with Gasteiger partial charge in [-0.2, -0.15) is 10.2 Å². The highest BCUT2D eigenvalue weighted by Gasteiger charge is 2.20. The van der Waals surface area contributed by atoms with Crippen LogP contribution in [0.5, 0.6) is 0 Å². The number of aryl methyl sites for hydroxylation is 1. The van der Waals surface area contributed by atoms with E-state index in [0.29, 0.717) is 17.1 Å². The monoisotopic (exact) mass is 341 g/mol. The Bertz CT molecular complexity index is 815. The molecule has 2 amide bonds. The summed E-state index contributed by atoms with van der Waals surface area (Å²) in [4.78, 5) is 24.1. The van der Waals surface area contributed by atoms with E-state index in [-0.39, 0.29) is 11.8 Å². The van der Waals surface area contributed by atoms with Gasteiger partial charge in [-0.1, -0.05) is 32.9 Å². The molecule has 25 heavy (non-hydrogen) atoms. The number of amides is 2. The van der Waals surface area contributed by atoms with Crippen molar-refractivity contribution < 1.29 is 9.59 Å². The van der Waals surface area contributed by atoms with Gasteiger partial charge in [-0.05, 0) is 30.7 Å². The number of hydrogen-bond acceptors (Lipinski definition) is 4. The van der Waals surface area contributed by atoms with E-state index in [0.717, 1.165) is 5.56 Å². The first-order valence-electron chi connectivity index (χ1n) is 7.93. The lowest BCUT2D eigenvalue weighted by atomic mass is 9.96. The molecule has 0 bridgehead atoms. The lowest BCUT2D eigenvalue weighted by molar-refractivity contribution is -0.128. The zero-order chi connectivity index (χ0) is 18.6. The smallest absolute Gasteiger partial charge is 0.273 e. The summed E-state index contributed by atoms with van der Waals surface area (Å²) in [7, 11) is 1.71. The summed E-state index contributed by atoms with van der Waals surface area (Å²) >= 11 is 0. The van der Waals surface area contributed by atoms with Gasteiger partial charge in [0.15, 0.2) is 0 Å². The van der Waals surface area contributed by atoms with Crippen LogP contribution in [0.1, 0.15) is 43.7 Å². The van der Waals surface area contributed by atoms with Crippen molar-refractivity contribution >= 4 is 23.2 Å². The van der Waals surface area contributed by atoms with Gasteiger partial charge >= 0.3 is 0 Å². The average Bonchev–Trinajstić information content (AvgIpc) is 2.97. The summed E-state index contributed by atoms with van der Waals surface area (Å²) in [6.45, 7) is 7.26. The van der Waals surface area contributed by atoms with Gasteiger partial charge < -0.3 is 5.32 Å². The van der Waals surface area contributed by atoms with Gasteiger partial charge in [-0.15, -0.1) is 0 Å². The number of hydrogen-bond donors (Lipinski definition) is 2. The van der Waals surface area contributed by atoms with Gasteiger partial charge in [0.25, 0.3) is 5.91 Å². The SMILES string of the molecule is C/C(=N\NC(=O)C(C)(C)C)c1cccc(NC(=O)c2ccnn2C)c1. The Morgan fingerprint density at radius 3 is 2.52 bits per heavy atom. The molecule has 0 aliphatic carbocycles. The fraction of sp³-hybridized carbons (Fsp3) is 0.333. The number of carbonyl (C=O) groups is 2. The molecule has 0 saturated carbocycles. The van der Waals surface area contributed by atoms with Crippen LogP contribution < -0.4 is 10.7 Å². The van der Waals surface area contributed by atoms with Crippen molar-refractivity contribution in [1.82, 2.24) is 15.2 Å². The molecule has 0 aliphatic rings. The summed E-state index contributed by atoms with van der Waals surface area (Å²) in [6.07, 6.45) is 1.57. The highest BCUT2D eigenvalue weighted by molar-refractivity contribution is 6.04. The highest BCUT2D eigenvalue weighted by atomic mass is 16.2. The molecular weight excluding hydrogens is 318 g/mol. The number of nitrogens with one attached hydrogen (secondary N) is 2. The fourth-order valence-corrected chi connectivity index (χ4v) is 1.98. The van der Waals surface area contributed by atoms with Crippen molar-refractivity contribution in [2.45, 2.75) is 27.7 Å². The third-order valence-corrected chi connectivity index (χ3v) is 3.60. The number of benzene rings is 1. The van der Waals surface area contributed by atoms with Crippen LogP contribution in [0, 0.1) is 5.41 Å². The maximum Gasteiger partial charge on any atom is 0.273 e. The molecule has 7 heteroatoms. The van der Waals surface area contributed by atoms with Crippen molar-refractivity contribution in [3.8, 4) is 0 Å². The Labute approximate surface area is 147 Å². The summed E-state index contributed by atoms with van der Waals surface area (Å²) < 4.78 is 1.51. The largest absolute Gasteiger partial charge is 0.321 e. The number of nitrogens with zero attached hydrogens (tertiary/aromatic N) is 3. The number of carbonyl (C=O) groups excluding carboxylic acids is 2. The first kappa shape index (κ1) is 18.4. The summed E-state index contributed by atoms with van der Waals surface area (Å²) in [5.41, 5.74) is 4.61. The molecule has 0 radical (unpaired) electrons.